The second-order valence-electron chi connectivity index (χ2n) is 4.60. The lowest BCUT2D eigenvalue weighted by Gasteiger charge is -2.36. The second-order valence-corrected chi connectivity index (χ2v) is 4.60. The van der Waals surface area contributed by atoms with Gasteiger partial charge < -0.3 is 10.0 Å². The Labute approximate surface area is 108 Å². The fraction of sp³-hybridized carbons (Fsp3) is 0.500. The summed E-state index contributed by atoms with van der Waals surface area (Å²) in [4.78, 5) is 4.56. The van der Waals surface area contributed by atoms with E-state index >= 15 is 0 Å². The van der Waals surface area contributed by atoms with Gasteiger partial charge in [-0.2, -0.15) is 5.26 Å². The largest absolute Gasteiger partial charge is 0.508 e. The van der Waals surface area contributed by atoms with Crippen LogP contribution in [0.5, 0.6) is 5.75 Å². The molecule has 18 heavy (non-hydrogen) atoms. The molecule has 1 aromatic rings. The predicted molar refractivity (Wildman–Crippen MR) is 70.1 cm³/mol. The molecule has 1 aliphatic rings. The number of phenols is 1. The van der Waals surface area contributed by atoms with Gasteiger partial charge in [0, 0.05) is 26.2 Å². The molecule has 0 amide bonds. The molecule has 1 aromatic carbocycles. The smallest absolute Gasteiger partial charge is 0.124 e. The maximum absolute atomic E-state index is 9.50. The lowest BCUT2D eigenvalue weighted by atomic mass is 10.1. The summed E-state index contributed by atoms with van der Waals surface area (Å²) in [6.07, 6.45) is 0. The summed E-state index contributed by atoms with van der Waals surface area (Å²) in [5.74, 6) is 0.222. The van der Waals surface area contributed by atoms with E-state index in [1.165, 1.54) is 0 Å². The van der Waals surface area contributed by atoms with Crippen LogP contribution in [0, 0.1) is 11.3 Å². The van der Waals surface area contributed by atoms with Crippen molar-refractivity contribution in [1.82, 2.24) is 9.80 Å². The molecular weight excluding hydrogens is 226 g/mol. The zero-order chi connectivity index (χ0) is 13.0. The number of phenolic OH excluding ortho intramolecular Hbond substituents is 1. The Hall–Kier alpha value is -1.57. The quantitative estimate of drug-likeness (QED) is 0.878. The van der Waals surface area contributed by atoms with Crippen LogP contribution < -0.4 is 0 Å². The first-order valence-electron chi connectivity index (χ1n) is 6.39. The Morgan fingerprint density at radius 1 is 1.33 bits per heavy atom. The molecule has 1 N–H and O–H groups in total. The van der Waals surface area contributed by atoms with Crippen LogP contribution >= 0.6 is 0 Å². The minimum absolute atomic E-state index is 0.222. The maximum Gasteiger partial charge on any atom is 0.124 e. The van der Waals surface area contributed by atoms with E-state index in [4.69, 9.17) is 0 Å². The molecule has 4 nitrogen and oxygen atoms in total. The van der Waals surface area contributed by atoms with Crippen LogP contribution in [0.3, 0.4) is 0 Å². The van der Waals surface area contributed by atoms with Crippen molar-refractivity contribution in [3.8, 4) is 11.8 Å². The molecule has 1 fully saturated rings. The van der Waals surface area contributed by atoms with Crippen molar-refractivity contribution < 1.29 is 5.11 Å². The van der Waals surface area contributed by atoms with E-state index in [0.717, 1.165) is 38.3 Å². The molecule has 1 saturated heterocycles. The molecule has 0 aliphatic carbocycles. The van der Waals surface area contributed by atoms with Crippen LogP contribution in [0.25, 0.3) is 0 Å². The molecule has 96 valence electrons. The second kappa shape index (κ2) is 5.85. The van der Waals surface area contributed by atoms with Gasteiger partial charge in [-0.05, 0) is 24.2 Å². The van der Waals surface area contributed by atoms with Crippen molar-refractivity contribution in [2.75, 3.05) is 32.7 Å². The van der Waals surface area contributed by atoms with E-state index in [1.807, 2.05) is 6.07 Å². The van der Waals surface area contributed by atoms with Gasteiger partial charge >= 0.3 is 0 Å². The standard InChI is InChI=1S/C14H19N3O/c1-2-16-6-8-17(9-7-16)14(11-15)12-4-3-5-13(18)10-12/h3-5,10,14,18H,2,6-9H2,1H3. The van der Waals surface area contributed by atoms with Gasteiger partial charge in [-0.15, -0.1) is 0 Å². The lowest BCUT2D eigenvalue weighted by molar-refractivity contribution is 0.118. The number of nitrogens with zero attached hydrogens (tertiary/aromatic N) is 3. The predicted octanol–water partition coefficient (Wildman–Crippen LogP) is 1.59. The minimum Gasteiger partial charge on any atom is -0.508 e. The van der Waals surface area contributed by atoms with Gasteiger partial charge in [0.05, 0.1) is 6.07 Å². The maximum atomic E-state index is 9.50. The van der Waals surface area contributed by atoms with Crippen molar-refractivity contribution in [2.24, 2.45) is 0 Å². The molecule has 0 bridgehead atoms. The summed E-state index contributed by atoms with van der Waals surface area (Å²) in [7, 11) is 0. The van der Waals surface area contributed by atoms with Gasteiger partial charge in [0.15, 0.2) is 0 Å². The molecule has 1 aliphatic heterocycles. The highest BCUT2D eigenvalue weighted by atomic mass is 16.3. The fourth-order valence-corrected chi connectivity index (χ4v) is 2.40. The van der Waals surface area contributed by atoms with Gasteiger partial charge in [-0.3, -0.25) is 4.90 Å². The Morgan fingerprint density at radius 3 is 2.61 bits per heavy atom. The Balaban J connectivity index is 2.09. The average Bonchev–Trinajstić information content (AvgIpc) is 2.40. The minimum atomic E-state index is -0.254. The van der Waals surface area contributed by atoms with Crippen LogP contribution in [-0.2, 0) is 0 Å². The van der Waals surface area contributed by atoms with E-state index in [9.17, 15) is 10.4 Å². The topological polar surface area (TPSA) is 50.5 Å². The van der Waals surface area contributed by atoms with Crippen molar-refractivity contribution >= 4 is 0 Å². The van der Waals surface area contributed by atoms with Crippen LogP contribution in [-0.4, -0.2) is 47.6 Å². The molecule has 1 heterocycles. The van der Waals surface area contributed by atoms with E-state index in [-0.39, 0.29) is 11.8 Å². The first-order chi connectivity index (χ1) is 8.74. The molecule has 0 saturated carbocycles. The van der Waals surface area contributed by atoms with Gasteiger partial charge in [0.2, 0.25) is 0 Å². The van der Waals surface area contributed by atoms with E-state index in [1.54, 1.807) is 18.2 Å². The average molecular weight is 245 g/mol. The SMILES string of the molecule is CCN1CCN(C(C#N)c2cccc(O)c2)CC1. The monoisotopic (exact) mass is 245 g/mol. The fourth-order valence-electron chi connectivity index (χ4n) is 2.40. The Bertz CT molecular complexity index is 433. The van der Waals surface area contributed by atoms with Crippen molar-refractivity contribution in [3.63, 3.8) is 0 Å². The van der Waals surface area contributed by atoms with Gasteiger partial charge in [0.25, 0.3) is 0 Å². The molecule has 1 unspecified atom stereocenters. The number of piperazine rings is 1. The highest BCUT2D eigenvalue weighted by Gasteiger charge is 2.24. The summed E-state index contributed by atoms with van der Waals surface area (Å²) < 4.78 is 0. The van der Waals surface area contributed by atoms with E-state index < -0.39 is 0 Å². The van der Waals surface area contributed by atoms with Crippen molar-refractivity contribution in [2.45, 2.75) is 13.0 Å². The normalized spacial score (nSPS) is 19.3. The molecule has 2 rings (SSSR count). The summed E-state index contributed by atoms with van der Waals surface area (Å²) >= 11 is 0. The Morgan fingerprint density at radius 2 is 2.06 bits per heavy atom. The molecular formula is C14H19N3O. The third-order valence-corrected chi connectivity index (χ3v) is 3.53. The number of likely N-dealkylation sites (N-methyl/N-ethyl adjacent to an activating group) is 1. The van der Waals surface area contributed by atoms with Gasteiger partial charge in [0.1, 0.15) is 11.8 Å². The first-order valence-corrected chi connectivity index (χ1v) is 6.39. The number of aromatic hydroxyl groups is 1. The van der Waals surface area contributed by atoms with Crippen LogP contribution in [0.15, 0.2) is 24.3 Å². The van der Waals surface area contributed by atoms with E-state index in [2.05, 4.69) is 22.8 Å². The molecule has 4 heteroatoms. The molecule has 0 radical (unpaired) electrons. The van der Waals surface area contributed by atoms with Crippen molar-refractivity contribution in [1.29, 1.82) is 5.26 Å². The van der Waals surface area contributed by atoms with Crippen LogP contribution in [0.4, 0.5) is 0 Å². The van der Waals surface area contributed by atoms with Gasteiger partial charge in [-0.25, -0.2) is 0 Å². The highest BCUT2D eigenvalue weighted by Crippen LogP contribution is 2.24. The highest BCUT2D eigenvalue weighted by molar-refractivity contribution is 5.32. The summed E-state index contributed by atoms with van der Waals surface area (Å²) in [5.41, 5.74) is 0.877. The molecule has 0 spiro atoms. The van der Waals surface area contributed by atoms with Gasteiger partial charge in [-0.1, -0.05) is 19.1 Å². The third kappa shape index (κ3) is 2.81. The van der Waals surface area contributed by atoms with Crippen LogP contribution in [0.2, 0.25) is 0 Å². The summed E-state index contributed by atoms with van der Waals surface area (Å²) in [6, 6.07) is 9.09. The summed E-state index contributed by atoms with van der Waals surface area (Å²) in [6.45, 7) is 7.05. The van der Waals surface area contributed by atoms with Crippen LogP contribution in [0.1, 0.15) is 18.5 Å². The number of nitriles is 1. The van der Waals surface area contributed by atoms with E-state index in [0.29, 0.717) is 0 Å². The zero-order valence-electron chi connectivity index (χ0n) is 10.7. The Kier molecular flexibility index (Phi) is 4.19. The number of benzene rings is 1. The lowest BCUT2D eigenvalue weighted by Crippen LogP contribution is -2.47. The number of rotatable bonds is 3. The zero-order valence-corrected chi connectivity index (χ0v) is 10.7. The third-order valence-electron chi connectivity index (χ3n) is 3.53. The molecule has 1 atom stereocenters. The number of hydrogen-bond donors (Lipinski definition) is 1. The molecule has 0 aromatic heterocycles. The van der Waals surface area contributed by atoms with Crippen molar-refractivity contribution in [3.05, 3.63) is 29.8 Å². The number of hydrogen-bond acceptors (Lipinski definition) is 4. The summed E-state index contributed by atoms with van der Waals surface area (Å²) in [5, 5.41) is 18.9. The first kappa shape index (κ1) is 12.9.